The summed E-state index contributed by atoms with van der Waals surface area (Å²) in [4.78, 5) is 16.4. The van der Waals surface area contributed by atoms with Gasteiger partial charge in [0.25, 0.3) is 0 Å². The number of carbonyl (C=O) groups is 1. The average molecular weight is 299 g/mol. The van der Waals surface area contributed by atoms with Crippen LogP contribution in [0.3, 0.4) is 0 Å². The average Bonchev–Trinajstić information content (AvgIpc) is 3.18. The molecule has 0 saturated heterocycles. The van der Waals surface area contributed by atoms with E-state index in [1.54, 1.807) is 6.20 Å². The topological polar surface area (TPSA) is 90.2 Å². The minimum Gasteiger partial charge on any atom is -0.437 e. The molecule has 7 nitrogen and oxygen atoms in total. The molecule has 7 heteroatoms. The van der Waals surface area contributed by atoms with E-state index in [9.17, 15) is 4.79 Å². The van der Waals surface area contributed by atoms with E-state index >= 15 is 0 Å². The van der Waals surface area contributed by atoms with Crippen molar-refractivity contribution in [3.05, 3.63) is 54.2 Å². The smallest absolute Gasteiger partial charge is 0.367 e. The number of carbonyl (C=O) groups excluding carboxylic acids is 1. The molecule has 0 aliphatic carbocycles. The molecule has 2 aromatic heterocycles. The summed E-state index contributed by atoms with van der Waals surface area (Å²) < 4.78 is 15.8. The summed E-state index contributed by atoms with van der Waals surface area (Å²) in [6.45, 7) is 0.162. The van der Waals surface area contributed by atoms with Crippen molar-refractivity contribution in [2.24, 2.45) is 0 Å². The standard InChI is InChI=1S/C15H13N3O4/c1-20-9-12-17-13(15(19)22-11-7-8-16-18-11)14(21-12)10-5-3-2-4-6-10/h2-8H,9H2,1H3,(H,16,18). The molecule has 0 fully saturated rings. The normalized spacial score (nSPS) is 10.6. The van der Waals surface area contributed by atoms with Gasteiger partial charge in [-0.05, 0) is 0 Å². The fourth-order valence-corrected chi connectivity index (χ4v) is 1.92. The van der Waals surface area contributed by atoms with Gasteiger partial charge in [-0.3, -0.25) is 5.10 Å². The lowest BCUT2D eigenvalue weighted by molar-refractivity contribution is 0.0722. The van der Waals surface area contributed by atoms with Crippen LogP contribution < -0.4 is 4.74 Å². The van der Waals surface area contributed by atoms with Crippen LogP contribution in [0, 0.1) is 0 Å². The highest BCUT2D eigenvalue weighted by Gasteiger charge is 2.23. The summed E-state index contributed by atoms with van der Waals surface area (Å²) in [5.41, 5.74) is 0.813. The molecule has 3 aromatic rings. The largest absolute Gasteiger partial charge is 0.437 e. The molecule has 0 amide bonds. The zero-order chi connectivity index (χ0) is 15.4. The Kier molecular flexibility index (Phi) is 3.97. The predicted molar refractivity (Wildman–Crippen MR) is 76.2 cm³/mol. The van der Waals surface area contributed by atoms with Crippen LogP contribution >= 0.6 is 0 Å². The molecule has 2 heterocycles. The van der Waals surface area contributed by atoms with Crippen molar-refractivity contribution in [1.29, 1.82) is 0 Å². The fourth-order valence-electron chi connectivity index (χ4n) is 1.92. The quantitative estimate of drug-likeness (QED) is 0.728. The lowest BCUT2D eigenvalue weighted by atomic mass is 10.1. The van der Waals surface area contributed by atoms with Crippen LogP contribution in [0.4, 0.5) is 0 Å². The summed E-state index contributed by atoms with van der Waals surface area (Å²) in [5, 5.41) is 6.34. The number of ether oxygens (including phenoxy) is 2. The highest BCUT2D eigenvalue weighted by Crippen LogP contribution is 2.26. The number of esters is 1. The Labute approximate surface area is 125 Å². The van der Waals surface area contributed by atoms with Crippen LogP contribution in [-0.2, 0) is 11.3 Å². The first-order valence-corrected chi connectivity index (χ1v) is 6.54. The number of oxazole rings is 1. The molecule has 0 aliphatic heterocycles. The Morgan fingerprint density at radius 3 is 2.77 bits per heavy atom. The lowest BCUT2D eigenvalue weighted by Gasteiger charge is -2.00. The Morgan fingerprint density at radius 1 is 1.27 bits per heavy atom. The number of aromatic nitrogens is 3. The number of aromatic amines is 1. The second kappa shape index (κ2) is 6.23. The molecule has 0 saturated carbocycles. The summed E-state index contributed by atoms with van der Waals surface area (Å²) in [6.07, 6.45) is 1.56. The van der Waals surface area contributed by atoms with E-state index in [0.29, 0.717) is 11.7 Å². The Bertz CT molecular complexity index is 750. The van der Waals surface area contributed by atoms with Crippen molar-refractivity contribution in [3.63, 3.8) is 0 Å². The number of nitrogens with one attached hydrogen (secondary N) is 1. The van der Waals surface area contributed by atoms with Crippen LogP contribution in [0.1, 0.15) is 16.4 Å². The number of methoxy groups -OCH3 is 1. The summed E-state index contributed by atoms with van der Waals surface area (Å²) in [7, 11) is 1.52. The molecule has 0 radical (unpaired) electrons. The van der Waals surface area contributed by atoms with Gasteiger partial charge < -0.3 is 13.9 Å². The number of H-pyrrole nitrogens is 1. The molecule has 22 heavy (non-hydrogen) atoms. The lowest BCUT2D eigenvalue weighted by Crippen LogP contribution is -2.10. The highest BCUT2D eigenvalue weighted by atomic mass is 16.5. The molecule has 0 bridgehead atoms. The van der Waals surface area contributed by atoms with E-state index < -0.39 is 5.97 Å². The second-order valence-electron chi connectivity index (χ2n) is 4.39. The number of benzene rings is 1. The van der Waals surface area contributed by atoms with E-state index in [1.165, 1.54) is 13.2 Å². The van der Waals surface area contributed by atoms with Gasteiger partial charge >= 0.3 is 5.97 Å². The van der Waals surface area contributed by atoms with E-state index in [-0.39, 0.29) is 18.2 Å². The van der Waals surface area contributed by atoms with Crippen molar-refractivity contribution in [2.75, 3.05) is 7.11 Å². The fraction of sp³-hybridized carbons (Fsp3) is 0.133. The molecule has 1 N–H and O–H groups in total. The Balaban J connectivity index is 1.96. The predicted octanol–water partition coefficient (Wildman–Crippen LogP) is 2.43. The molecular formula is C15H13N3O4. The van der Waals surface area contributed by atoms with E-state index in [0.717, 1.165) is 5.56 Å². The van der Waals surface area contributed by atoms with Gasteiger partial charge in [-0.25, -0.2) is 9.78 Å². The highest BCUT2D eigenvalue weighted by molar-refractivity contribution is 5.94. The Hall–Kier alpha value is -2.93. The molecule has 0 unspecified atom stereocenters. The third-order valence-electron chi connectivity index (χ3n) is 2.84. The van der Waals surface area contributed by atoms with Crippen LogP contribution in [0.2, 0.25) is 0 Å². The van der Waals surface area contributed by atoms with Gasteiger partial charge in [-0.15, -0.1) is 5.10 Å². The monoisotopic (exact) mass is 299 g/mol. The van der Waals surface area contributed by atoms with Gasteiger partial charge in [0.1, 0.15) is 6.61 Å². The zero-order valence-electron chi connectivity index (χ0n) is 11.8. The van der Waals surface area contributed by atoms with Crippen molar-refractivity contribution in [2.45, 2.75) is 6.61 Å². The molecule has 112 valence electrons. The van der Waals surface area contributed by atoms with E-state index in [2.05, 4.69) is 15.2 Å². The van der Waals surface area contributed by atoms with Crippen LogP contribution in [0.5, 0.6) is 5.88 Å². The summed E-state index contributed by atoms with van der Waals surface area (Å²) >= 11 is 0. The third-order valence-corrected chi connectivity index (χ3v) is 2.84. The third kappa shape index (κ3) is 2.89. The first-order valence-electron chi connectivity index (χ1n) is 6.54. The molecule has 0 atom stereocenters. The molecule has 1 aromatic carbocycles. The molecular weight excluding hydrogens is 286 g/mol. The molecule has 0 spiro atoms. The number of nitrogens with zero attached hydrogens (tertiary/aromatic N) is 2. The van der Waals surface area contributed by atoms with E-state index in [1.807, 2.05) is 30.3 Å². The summed E-state index contributed by atoms with van der Waals surface area (Å²) in [6, 6.07) is 10.7. The first-order chi connectivity index (χ1) is 10.8. The maximum atomic E-state index is 12.3. The van der Waals surface area contributed by atoms with Crippen molar-refractivity contribution < 1.29 is 18.7 Å². The first kappa shape index (κ1) is 14.0. The van der Waals surface area contributed by atoms with Gasteiger partial charge in [0.2, 0.25) is 11.8 Å². The van der Waals surface area contributed by atoms with Gasteiger partial charge in [0.15, 0.2) is 11.5 Å². The van der Waals surface area contributed by atoms with Gasteiger partial charge in [0.05, 0.1) is 0 Å². The maximum Gasteiger partial charge on any atom is 0.367 e. The van der Waals surface area contributed by atoms with E-state index in [4.69, 9.17) is 13.9 Å². The van der Waals surface area contributed by atoms with Crippen molar-refractivity contribution in [1.82, 2.24) is 15.2 Å². The van der Waals surface area contributed by atoms with Crippen molar-refractivity contribution >= 4 is 5.97 Å². The minimum absolute atomic E-state index is 0.0845. The minimum atomic E-state index is -0.642. The zero-order valence-corrected chi connectivity index (χ0v) is 11.8. The second-order valence-corrected chi connectivity index (χ2v) is 4.39. The Morgan fingerprint density at radius 2 is 2.09 bits per heavy atom. The number of hydrogen-bond acceptors (Lipinski definition) is 6. The number of hydrogen-bond donors (Lipinski definition) is 1. The molecule has 0 aliphatic rings. The van der Waals surface area contributed by atoms with Crippen molar-refractivity contribution in [3.8, 4) is 17.2 Å². The van der Waals surface area contributed by atoms with Crippen LogP contribution in [0.25, 0.3) is 11.3 Å². The van der Waals surface area contributed by atoms with Gasteiger partial charge in [0, 0.05) is 24.9 Å². The maximum absolute atomic E-state index is 12.3. The van der Waals surface area contributed by atoms with Crippen LogP contribution in [-0.4, -0.2) is 28.3 Å². The SMILES string of the molecule is COCc1nc(C(=O)Oc2cc[nH]n2)c(-c2ccccc2)o1. The van der Waals surface area contributed by atoms with Crippen LogP contribution in [0.15, 0.2) is 47.0 Å². The van der Waals surface area contributed by atoms with Gasteiger partial charge in [-0.1, -0.05) is 30.3 Å². The summed E-state index contributed by atoms with van der Waals surface area (Å²) in [5.74, 6) is 0.167. The molecule has 3 rings (SSSR count). The van der Waals surface area contributed by atoms with Gasteiger partial charge in [-0.2, -0.15) is 0 Å². The number of rotatable bonds is 5.